The summed E-state index contributed by atoms with van der Waals surface area (Å²) in [6, 6.07) is 9.47. The van der Waals surface area contributed by atoms with Crippen LogP contribution >= 0.6 is 0 Å². The first kappa shape index (κ1) is 13.1. The van der Waals surface area contributed by atoms with Crippen molar-refractivity contribution >= 4 is 28.6 Å². The van der Waals surface area contributed by atoms with Gasteiger partial charge in [0.2, 0.25) is 0 Å². The van der Waals surface area contributed by atoms with E-state index in [1.165, 1.54) is 4.90 Å². The SMILES string of the molecule is CC(C)[C@@]1(C)C(=O)N=C2c3nc4ccccc4cc3C(=O)N21. The summed E-state index contributed by atoms with van der Waals surface area (Å²) >= 11 is 0. The quantitative estimate of drug-likeness (QED) is 0.811. The van der Waals surface area contributed by atoms with Crippen LogP contribution in [0.3, 0.4) is 0 Å². The monoisotopic (exact) mass is 293 g/mol. The first-order chi connectivity index (χ1) is 10.4. The fraction of sp³-hybridized carbons (Fsp3) is 0.294. The number of pyridine rings is 1. The molecule has 0 radical (unpaired) electrons. The Hall–Kier alpha value is -2.56. The molecule has 3 heterocycles. The zero-order valence-corrected chi connectivity index (χ0v) is 12.6. The lowest BCUT2D eigenvalue weighted by atomic mass is 9.87. The van der Waals surface area contributed by atoms with E-state index in [1.807, 2.05) is 44.2 Å². The van der Waals surface area contributed by atoms with Gasteiger partial charge in [-0.25, -0.2) is 4.98 Å². The van der Waals surface area contributed by atoms with Gasteiger partial charge in [0.05, 0.1) is 11.1 Å². The van der Waals surface area contributed by atoms with Crippen LogP contribution in [0.5, 0.6) is 0 Å². The standard InChI is InChI=1S/C17H15N3O2/c1-9(2)17(3)16(22)19-14-13-11(15(21)20(14)17)8-10-6-4-5-7-12(10)18-13/h4-9H,1-3H3/t17-/m0/s1. The molecule has 5 nitrogen and oxygen atoms in total. The molecule has 0 N–H and O–H groups in total. The predicted molar refractivity (Wildman–Crippen MR) is 82.7 cm³/mol. The van der Waals surface area contributed by atoms with E-state index in [0.717, 1.165) is 10.9 Å². The molecule has 2 aliphatic rings. The van der Waals surface area contributed by atoms with Crippen LogP contribution in [0.2, 0.25) is 0 Å². The van der Waals surface area contributed by atoms with Crippen LogP contribution in [0.4, 0.5) is 0 Å². The normalized spacial score (nSPS) is 23.3. The second-order valence-corrected chi connectivity index (χ2v) is 6.26. The van der Waals surface area contributed by atoms with E-state index in [1.54, 1.807) is 6.92 Å². The molecule has 1 atom stereocenters. The molecule has 0 spiro atoms. The first-order valence-electron chi connectivity index (χ1n) is 7.32. The van der Waals surface area contributed by atoms with Crippen molar-refractivity contribution in [3.63, 3.8) is 0 Å². The van der Waals surface area contributed by atoms with E-state index < -0.39 is 5.54 Å². The minimum absolute atomic E-state index is 0.0334. The maximum atomic E-state index is 12.8. The van der Waals surface area contributed by atoms with Crippen molar-refractivity contribution in [1.29, 1.82) is 0 Å². The summed E-state index contributed by atoms with van der Waals surface area (Å²) in [6.07, 6.45) is 0. The molecule has 2 aliphatic heterocycles. The number of hydrogen-bond acceptors (Lipinski definition) is 3. The first-order valence-corrected chi connectivity index (χ1v) is 7.32. The number of nitrogens with zero attached hydrogens (tertiary/aromatic N) is 3. The maximum absolute atomic E-state index is 12.8. The molecule has 0 bridgehead atoms. The lowest BCUT2D eigenvalue weighted by Gasteiger charge is -2.34. The van der Waals surface area contributed by atoms with E-state index in [9.17, 15) is 9.59 Å². The molecule has 0 saturated carbocycles. The van der Waals surface area contributed by atoms with Gasteiger partial charge >= 0.3 is 0 Å². The second kappa shape index (κ2) is 4.00. The number of amides is 2. The average molecular weight is 293 g/mol. The Morgan fingerprint density at radius 3 is 2.64 bits per heavy atom. The van der Waals surface area contributed by atoms with Crippen molar-refractivity contribution in [1.82, 2.24) is 9.88 Å². The summed E-state index contributed by atoms with van der Waals surface area (Å²) in [5, 5.41) is 0.911. The number of fused-ring (bicyclic) bond motifs is 4. The van der Waals surface area contributed by atoms with Gasteiger partial charge in [-0.1, -0.05) is 32.0 Å². The third-order valence-electron chi connectivity index (χ3n) is 4.81. The number of aliphatic imine (C=N–C) groups is 1. The van der Waals surface area contributed by atoms with E-state index in [2.05, 4.69) is 9.98 Å². The summed E-state index contributed by atoms with van der Waals surface area (Å²) in [5.74, 6) is -0.0959. The van der Waals surface area contributed by atoms with Crippen LogP contribution in [0.25, 0.3) is 10.9 Å². The molecule has 110 valence electrons. The fourth-order valence-corrected chi connectivity index (χ4v) is 3.12. The van der Waals surface area contributed by atoms with Gasteiger partial charge in [0, 0.05) is 5.39 Å². The van der Waals surface area contributed by atoms with Crippen LogP contribution in [-0.4, -0.2) is 33.1 Å². The molecule has 2 amide bonds. The molecule has 0 unspecified atom stereocenters. The third-order valence-corrected chi connectivity index (χ3v) is 4.81. The van der Waals surface area contributed by atoms with Crippen molar-refractivity contribution < 1.29 is 9.59 Å². The average Bonchev–Trinajstić information content (AvgIpc) is 2.92. The van der Waals surface area contributed by atoms with Gasteiger partial charge in [0.1, 0.15) is 11.2 Å². The van der Waals surface area contributed by atoms with Crippen molar-refractivity contribution in [3.8, 4) is 0 Å². The minimum atomic E-state index is -0.931. The minimum Gasteiger partial charge on any atom is -0.275 e. The number of benzene rings is 1. The highest BCUT2D eigenvalue weighted by atomic mass is 16.2. The van der Waals surface area contributed by atoms with Crippen LogP contribution in [0.1, 0.15) is 36.8 Å². The molecule has 1 aromatic carbocycles. The smallest absolute Gasteiger partial charge is 0.274 e. The van der Waals surface area contributed by atoms with Crippen LogP contribution < -0.4 is 0 Å². The van der Waals surface area contributed by atoms with E-state index in [-0.39, 0.29) is 17.7 Å². The number of para-hydroxylation sites is 1. The molecule has 5 heteroatoms. The lowest BCUT2D eigenvalue weighted by Crippen LogP contribution is -2.53. The van der Waals surface area contributed by atoms with E-state index in [0.29, 0.717) is 17.1 Å². The van der Waals surface area contributed by atoms with Gasteiger partial charge in [-0.15, -0.1) is 0 Å². The van der Waals surface area contributed by atoms with Crippen LogP contribution in [0.15, 0.2) is 35.3 Å². The van der Waals surface area contributed by atoms with Crippen molar-refractivity contribution in [2.75, 3.05) is 0 Å². The highest BCUT2D eigenvalue weighted by molar-refractivity contribution is 6.30. The van der Waals surface area contributed by atoms with Crippen molar-refractivity contribution in [3.05, 3.63) is 41.6 Å². The topological polar surface area (TPSA) is 62.6 Å². The molecule has 1 aromatic heterocycles. The largest absolute Gasteiger partial charge is 0.275 e. The molecule has 0 aliphatic carbocycles. The Balaban J connectivity index is 1.99. The van der Waals surface area contributed by atoms with Gasteiger partial charge in [0.15, 0.2) is 5.84 Å². The van der Waals surface area contributed by atoms with Gasteiger partial charge < -0.3 is 0 Å². The lowest BCUT2D eigenvalue weighted by molar-refractivity contribution is -0.126. The number of aromatic nitrogens is 1. The van der Waals surface area contributed by atoms with Crippen molar-refractivity contribution in [2.45, 2.75) is 26.3 Å². The summed E-state index contributed by atoms with van der Waals surface area (Å²) in [7, 11) is 0. The highest BCUT2D eigenvalue weighted by Crippen LogP contribution is 2.39. The number of amidine groups is 1. The third kappa shape index (κ3) is 1.38. The summed E-state index contributed by atoms with van der Waals surface area (Å²) in [5.41, 5.74) is 0.904. The Morgan fingerprint density at radius 1 is 1.18 bits per heavy atom. The summed E-state index contributed by atoms with van der Waals surface area (Å²) < 4.78 is 0. The Labute approximate surface area is 127 Å². The summed E-state index contributed by atoms with van der Waals surface area (Å²) in [4.78, 5) is 35.4. The highest BCUT2D eigenvalue weighted by Gasteiger charge is 2.56. The molecule has 4 rings (SSSR count). The Kier molecular flexibility index (Phi) is 2.39. The molecule has 2 aromatic rings. The molecule has 0 fully saturated rings. The fourth-order valence-electron chi connectivity index (χ4n) is 3.12. The van der Waals surface area contributed by atoms with Gasteiger partial charge in [-0.2, -0.15) is 4.99 Å². The van der Waals surface area contributed by atoms with E-state index >= 15 is 0 Å². The molecule has 0 saturated heterocycles. The number of carbonyl (C=O) groups excluding carboxylic acids is 2. The number of carbonyl (C=O) groups is 2. The zero-order chi connectivity index (χ0) is 15.6. The van der Waals surface area contributed by atoms with Gasteiger partial charge in [-0.05, 0) is 25.0 Å². The zero-order valence-electron chi connectivity index (χ0n) is 12.6. The summed E-state index contributed by atoms with van der Waals surface area (Å²) in [6.45, 7) is 5.63. The van der Waals surface area contributed by atoms with Gasteiger partial charge in [-0.3, -0.25) is 14.5 Å². The number of rotatable bonds is 1. The van der Waals surface area contributed by atoms with Crippen molar-refractivity contribution in [2.24, 2.45) is 10.9 Å². The maximum Gasteiger partial charge on any atom is 0.274 e. The molecular weight excluding hydrogens is 278 g/mol. The second-order valence-electron chi connectivity index (χ2n) is 6.26. The van der Waals surface area contributed by atoms with E-state index in [4.69, 9.17) is 0 Å². The Bertz CT molecular complexity index is 885. The number of hydrogen-bond donors (Lipinski definition) is 0. The Morgan fingerprint density at radius 2 is 1.91 bits per heavy atom. The predicted octanol–water partition coefficient (Wildman–Crippen LogP) is 2.39. The van der Waals surface area contributed by atoms with Crippen LogP contribution in [0, 0.1) is 5.92 Å². The molecular formula is C17H15N3O2. The van der Waals surface area contributed by atoms with Crippen LogP contribution in [-0.2, 0) is 4.79 Å². The van der Waals surface area contributed by atoms with Gasteiger partial charge in [0.25, 0.3) is 11.8 Å². The molecule has 22 heavy (non-hydrogen) atoms.